The van der Waals surface area contributed by atoms with Crippen LogP contribution in [0.4, 0.5) is 0 Å². The molecule has 1 aromatic heterocycles. The summed E-state index contributed by atoms with van der Waals surface area (Å²) in [5, 5.41) is 0. The molecule has 2 saturated heterocycles. The molecular formula is C25H40N4O. The average Bonchev–Trinajstić information content (AvgIpc) is 3.09. The van der Waals surface area contributed by atoms with Gasteiger partial charge in [0.1, 0.15) is 0 Å². The predicted octanol–water partition coefficient (Wildman–Crippen LogP) is 3.94. The highest BCUT2D eigenvalue weighted by molar-refractivity contribution is 5.79. The summed E-state index contributed by atoms with van der Waals surface area (Å²) in [5.41, 5.74) is 1.31. The van der Waals surface area contributed by atoms with Crippen LogP contribution in [0.25, 0.3) is 0 Å². The van der Waals surface area contributed by atoms with E-state index < -0.39 is 0 Å². The number of likely N-dealkylation sites (tertiary alicyclic amines) is 2. The monoisotopic (exact) mass is 412 g/mol. The number of pyridine rings is 1. The van der Waals surface area contributed by atoms with E-state index in [0.717, 1.165) is 32.6 Å². The van der Waals surface area contributed by atoms with E-state index in [2.05, 4.69) is 32.8 Å². The number of carbonyl (C=O) groups is 1. The molecule has 0 radical (unpaired) electrons. The first-order valence-electron chi connectivity index (χ1n) is 12.3. The maximum absolute atomic E-state index is 13.3. The third-order valence-electron chi connectivity index (χ3n) is 7.72. The molecule has 30 heavy (non-hydrogen) atoms. The minimum absolute atomic E-state index is 0.209. The van der Waals surface area contributed by atoms with E-state index in [9.17, 15) is 4.79 Å². The van der Waals surface area contributed by atoms with Crippen molar-refractivity contribution < 1.29 is 4.79 Å². The van der Waals surface area contributed by atoms with Crippen LogP contribution in [0.1, 0.15) is 69.8 Å². The van der Waals surface area contributed by atoms with E-state index in [1.807, 2.05) is 18.5 Å². The lowest BCUT2D eigenvalue weighted by atomic mass is 9.92. The molecule has 0 unspecified atom stereocenters. The predicted molar refractivity (Wildman–Crippen MR) is 121 cm³/mol. The number of aromatic nitrogens is 1. The second kappa shape index (κ2) is 10.7. The van der Waals surface area contributed by atoms with Gasteiger partial charge in [-0.1, -0.05) is 31.7 Å². The standard InChI is InChI=1S/C25H40N4O/c1-27(23-10-4-2-3-5-11-23)25(30)22-9-7-15-29(20-22)24-12-16-28(17-13-24)19-21-8-6-14-26-18-21/h6,8,14,18,22-24H,2-5,7,9-13,15-17,19-20H2,1H3/t22-/m0/s1. The van der Waals surface area contributed by atoms with Gasteiger partial charge in [-0.05, 0) is 69.8 Å². The average molecular weight is 413 g/mol. The van der Waals surface area contributed by atoms with Crippen molar-refractivity contribution in [3.8, 4) is 0 Å². The SMILES string of the molecule is CN(C(=O)[C@H]1CCCN(C2CCN(Cc3cccnc3)CC2)C1)C1CCCCCC1. The van der Waals surface area contributed by atoms with Gasteiger partial charge >= 0.3 is 0 Å². The minimum atomic E-state index is 0.209. The molecule has 4 rings (SSSR count). The third-order valence-corrected chi connectivity index (χ3v) is 7.72. The van der Waals surface area contributed by atoms with Crippen molar-refractivity contribution in [3.63, 3.8) is 0 Å². The highest BCUT2D eigenvalue weighted by Crippen LogP contribution is 2.28. The van der Waals surface area contributed by atoms with Gasteiger partial charge < -0.3 is 4.90 Å². The maximum atomic E-state index is 13.3. The zero-order valence-electron chi connectivity index (χ0n) is 18.8. The largest absolute Gasteiger partial charge is 0.342 e. The van der Waals surface area contributed by atoms with Gasteiger partial charge in [-0.2, -0.15) is 0 Å². The van der Waals surface area contributed by atoms with Crippen LogP contribution >= 0.6 is 0 Å². The van der Waals surface area contributed by atoms with E-state index in [-0.39, 0.29) is 5.92 Å². The van der Waals surface area contributed by atoms with Gasteiger partial charge in [0.2, 0.25) is 5.91 Å². The number of amides is 1. The Kier molecular flexibility index (Phi) is 7.78. The number of piperidine rings is 2. The molecule has 5 nitrogen and oxygen atoms in total. The summed E-state index contributed by atoms with van der Waals surface area (Å²) in [6.07, 6.45) is 16.2. The van der Waals surface area contributed by atoms with E-state index in [0.29, 0.717) is 18.0 Å². The fraction of sp³-hybridized carbons (Fsp3) is 0.760. The van der Waals surface area contributed by atoms with Crippen molar-refractivity contribution in [2.24, 2.45) is 5.92 Å². The summed E-state index contributed by atoms with van der Waals surface area (Å²) in [4.78, 5) is 24.9. The summed E-state index contributed by atoms with van der Waals surface area (Å²) in [6.45, 7) is 5.45. The van der Waals surface area contributed by atoms with Crippen LogP contribution in [-0.2, 0) is 11.3 Å². The quantitative estimate of drug-likeness (QED) is 0.687. The fourth-order valence-corrected chi connectivity index (χ4v) is 5.85. The summed E-state index contributed by atoms with van der Waals surface area (Å²) < 4.78 is 0. The number of carbonyl (C=O) groups excluding carboxylic acids is 1. The van der Waals surface area contributed by atoms with Crippen LogP contribution in [0.3, 0.4) is 0 Å². The van der Waals surface area contributed by atoms with E-state index in [1.165, 1.54) is 69.9 Å². The van der Waals surface area contributed by atoms with Gasteiger partial charge in [-0.25, -0.2) is 0 Å². The molecule has 3 aliphatic rings. The lowest BCUT2D eigenvalue weighted by Crippen LogP contribution is -2.51. The second-order valence-corrected chi connectivity index (χ2v) is 9.80. The van der Waals surface area contributed by atoms with Crippen LogP contribution in [0.15, 0.2) is 24.5 Å². The number of rotatable bonds is 5. The molecule has 0 bridgehead atoms. The number of nitrogens with zero attached hydrogens (tertiary/aromatic N) is 4. The van der Waals surface area contributed by atoms with Gasteiger partial charge in [0.25, 0.3) is 0 Å². The zero-order valence-corrected chi connectivity index (χ0v) is 18.8. The van der Waals surface area contributed by atoms with Crippen LogP contribution in [0, 0.1) is 5.92 Å². The van der Waals surface area contributed by atoms with Crippen molar-refractivity contribution in [2.75, 3.05) is 33.2 Å². The Morgan fingerprint density at radius 3 is 2.50 bits per heavy atom. The summed E-state index contributed by atoms with van der Waals surface area (Å²) >= 11 is 0. The molecule has 1 atom stereocenters. The lowest BCUT2D eigenvalue weighted by molar-refractivity contribution is -0.139. The first-order valence-corrected chi connectivity index (χ1v) is 12.3. The Morgan fingerprint density at radius 2 is 1.80 bits per heavy atom. The fourth-order valence-electron chi connectivity index (χ4n) is 5.85. The number of hydrogen-bond acceptors (Lipinski definition) is 4. The highest BCUT2D eigenvalue weighted by Gasteiger charge is 2.34. The first-order chi connectivity index (χ1) is 14.7. The smallest absolute Gasteiger partial charge is 0.226 e. The second-order valence-electron chi connectivity index (χ2n) is 9.80. The summed E-state index contributed by atoms with van der Waals surface area (Å²) in [5.74, 6) is 0.626. The Bertz CT molecular complexity index is 650. The Morgan fingerprint density at radius 1 is 1.03 bits per heavy atom. The Balaban J connectivity index is 1.26. The van der Waals surface area contributed by atoms with Gasteiger partial charge in [0, 0.05) is 44.6 Å². The normalized spacial score (nSPS) is 25.7. The third kappa shape index (κ3) is 5.61. The molecule has 0 aromatic carbocycles. The molecule has 3 fully saturated rings. The molecule has 1 aromatic rings. The first kappa shape index (κ1) is 21.8. The molecule has 3 heterocycles. The van der Waals surface area contributed by atoms with Gasteiger partial charge in [-0.15, -0.1) is 0 Å². The molecule has 166 valence electrons. The van der Waals surface area contributed by atoms with Gasteiger partial charge in [0.05, 0.1) is 5.92 Å². The van der Waals surface area contributed by atoms with Crippen molar-refractivity contribution in [3.05, 3.63) is 30.1 Å². The topological polar surface area (TPSA) is 39.7 Å². The highest BCUT2D eigenvalue weighted by atomic mass is 16.2. The van der Waals surface area contributed by atoms with E-state index in [4.69, 9.17) is 0 Å². The Hall–Kier alpha value is -1.46. The molecule has 2 aliphatic heterocycles. The molecule has 0 N–H and O–H groups in total. The van der Waals surface area contributed by atoms with E-state index in [1.54, 1.807) is 0 Å². The molecule has 1 amide bonds. The molecular weight excluding hydrogens is 372 g/mol. The van der Waals surface area contributed by atoms with Crippen molar-refractivity contribution in [1.29, 1.82) is 0 Å². The van der Waals surface area contributed by atoms with Gasteiger partial charge in [0.15, 0.2) is 0 Å². The molecule has 1 saturated carbocycles. The Labute approximate surface area is 182 Å². The summed E-state index contributed by atoms with van der Waals surface area (Å²) in [7, 11) is 2.08. The molecule has 0 spiro atoms. The van der Waals surface area contributed by atoms with Crippen molar-refractivity contribution in [1.82, 2.24) is 19.7 Å². The van der Waals surface area contributed by atoms with Gasteiger partial charge in [-0.3, -0.25) is 19.6 Å². The zero-order chi connectivity index (χ0) is 20.8. The minimum Gasteiger partial charge on any atom is -0.342 e. The summed E-state index contributed by atoms with van der Waals surface area (Å²) in [6, 6.07) is 5.32. The molecule has 5 heteroatoms. The van der Waals surface area contributed by atoms with Crippen molar-refractivity contribution in [2.45, 2.75) is 82.8 Å². The van der Waals surface area contributed by atoms with E-state index >= 15 is 0 Å². The lowest BCUT2D eigenvalue weighted by Gasteiger charge is -2.43. The number of hydrogen-bond donors (Lipinski definition) is 0. The van der Waals surface area contributed by atoms with Crippen LogP contribution < -0.4 is 0 Å². The molecule has 1 aliphatic carbocycles. The van der Waals surface area contributed by atoms with Crippen LogP contribution in [0.2, 0.25) is 0 Å². The maximum Gasteiger partial charge on any atom is 0.226 e. The van der Waals surface area contributed by atoms with Crippen LogP contribution in [0.5, 0.6) is 0 Å². The van der Waals surface area contributed by atoms with Crippen LogP contribution in [-0.4, -0.2) is 70.9 Å². The van der Waals surface area contributed by atoms with Crippen molar-refractivity contribution >= 4 is 5.91 Å².